The van der Waals surface area contributed by atoms with Gasteiger partial charge in [0.15, 0.2) is 0 Å². The predicted molar refractivity (Wildman–Crippen MR) is 102 cm³/mol. The summed E-state index contributed by atoms with van der Waals surface area (Å²) in [5.74, 6) is 0.824. The van der Waals surface area contributed by atoms with E-state index in [9.17, 15) is 4.79 Å². The SMILES string of the molecule is CSc1ccc(C(=O)N2CCCC(N(C)c3ncc(C)cn3)C2)cc1. The molecule has 0 saturated carbocycles. The molecule has 0 N–H and O–H groups in total. The van der Waals surface area contributed by atoms with Crippen LogP contribution in [0.5, 0.6) is 0 Å². The van der Waals surface area contributed by atoms with Gasteiger partial charge < -0.3 is 9.80 Å². The summed E-state index contributed by atoms with van der Waals surface area (Å²) in [6, 6.07) is 8.10. The molecule has 2 aromatic rings. The van der Waals surface area contributed by atoms with E-state index in [1.807, 2.05) is 61.8 Å². The molecule has 0 aliphatic carbocycles. The van der Waals surface area contributed by atoms with Gasteiger partial charge >= 0.3 is 0 Å². The monoisotopic (exact) mass is 356 g/mol. The van der Waals surface area contributed by atoms with Gasteiger partial charge in [0.1, 0.15) is 0 Å². The van der Waals surface area contributed by atoms with Crippen molar-refractivity contribution in [3.05, 3.63) is 47.8 Å². The number of hydrogen-bond acceptors (Lipinski definition) is 5. The van der Waals surface area contributed by atoms with Crippen molar-refractivity contribution in [3.8, 4) is 0 Å². The van der Waals surface area contributed by atoms with Crippen molar-refractivity contribution in [2.75, 3.05) is 31.3 Å². The number of aromatic nitrogens is 2. The summed E-state index contributed by atoms with van der Waals surface area (Å²) in [7, 11) is 2.01. The van der Waals surface area contributed by atoms with Gasteiger partial charge in [-0.1, -0.05) is 0 Å². The lowest BCUT2D eigenvalue weighted by Gasteiger charge is -2.37. The zero-order valence-corrected chi connectivity index (χ0v) is 15.8. The number of piperidine rings is 1. The molecule has 3 rings (SSSR count). The summed E-state index contributed by atoms with van der Waals surface area (Å²) in [6.07, 6.45) is 7.74. The Morgan fingerprint density at radius 1 is 1.24 bits per heavy atom. The summed E-state index contributed by atoms with van der Waals surface area (Å²) < 4.78 is 0. The molecule has 1 aromatic carbocycles. The van der Waals surface area contributed by atoms with Gasteiger partial charge in [-0.05, 0) is 55.9 Å². The number of benzene rings is 1. The Kier molecular flexibility index (Phi) is 5.58. The zero-order chi connectivity index (χ0) is 17.8. The quantitative estimate of drug-likeness (QED) is 0.787. The standard InChI is InChI=1S/C19H24N4OS/c1-14-11-20-19(21-12-14)22(2)16-5-4-10-23(13-16)18(24)15-6-8-17(25-3)9-7-15/h6-9,11-12,16H,4-5,10,13H2,1-3H3. The van der Waals surface area contributed by atoms with Gasteiger partial charge in [0.05, 0.1) is 0 Å². The zero-order valence-electron chi connectivity index (χ0n) is 15.0. The molecular weight excluding hydrogens is 332 g/mol. The van der Waals surface area contributed by atoms with Gasteiger partial charge in [-0.15, -0.1) is 11.8 Å². The minimum Gasteiger partial charge on any atom is -0.339 e. The molecule has 1 amide bonds. The maximum Gasteiger partial charge on any atom is 0.253 e. The second kappa shape index (κ2) is 7.87. The number of thioether (sulfide) groups is 1. The van der Waals surface area contributed by atoms with E-state index >= 15 is 0 Å². The van der Waals surface area contributed by atoms with Crippen LogP contribution in [0.2, 0.25) is 0 Å². The molecular formula is C19H24N4OS. The fourth-order valence-corrected chi connectivity index (χ4v) is 3.51. The van der Waals surface area contributed by atoms with Crippen LogP contribution in [0.4, 0.5) is 5.95 Å². The van der Waals surface area contributed by atoms with Crippen LogP contribution in [0.3, 0.4) is 0 Å². The van der Waals surface area contributed by atoms with Crippen molar-refractivity contribution in [2.24, 2.45) is 0 Å². The Morgan fingerprint density at radius 2 is 1.92 bits per heavy atom. The van der Waals surface area contributed by atoms with Crippen LogP contribution in [0.15, 0.2) is 41.6 Å². The molecule has 1 atom stereocenters. The van der Waals surface area contributed by atoms with Gasteiger partial charge in [0.2, 0.25) is 5.95 Å². The van der Waals surface area contributed by atoms with E-state index < -0.39 is 0 Å². The van der Waals surface area contributed by atoms with Crippen LogP contribution >= 0.6 is 11.8 Å². The van der Waals surface area contributed by atoms with E-state index in [4.69, 9.17) is 0 Å². The maximum absolute atomic E-state index is 12.8. The molecule has 0 radical (unpaired) electrons. The Morgan fingerprint density at radius 3 is 2.56 bits per heavy atom. The lowest BCUT2D eigenvalue weighted by Crippen LogP contribution is -2.49. The van der Waals surface area contributed by atoms with Crippen molar-refractivity contribution in [2.45, 2.75) is 30.7 Å². The van der Waals surface area contributed by atoms with Crippen LogP contribution in [0, 0.1) is 6.92 Å². The molecule has 1 aromatic heterocycles. The molecule has 1 aliphatic rings. The smallest absolute Gasteiger partial charge is 0.253 e. The molecule has 2 heterocycles. The van der Waals surface area contributed by atoms with E-state index in [0.29, 0.717) is 12.5 Å². The first kappa shape index (κ1) is 17.7. The third-order valence-corrected chi connectivity index (χ3v) is 5.39. The van der Waals surface area contributed by atoms with Crippen LogP contribution in [-0.4, -0.2) is 53.2 Å². The van der Waals surface area contributed by atoms with E-state index in [0.717, 1.165) is 30.5 Å². The van der Waals surface area contributed by atoms with Crippen molar-refractivity contribution in [3.63, 3.8) is 0 Å². The van der Waals surface area contributed by atoms with Crippen molar-refractivity contribution < 1.29 is 4.79 Å². The fourth-order valence-electron chi connectivity index (χ4n) is 3.10. The molecule has 6 heteroatoms. The molecule has 132 valence electrons. The van der Waals surface area contributed by atoms with Gasteiger partial charge in [-0.25, -0.2) is 9.97 Å². The van der Waals surface area contributed by atoms with Crippen LogP contribution in [0.1, 0.15) is 28.8 Å². The first-order valence-corrected chi connectivity index (χ1v) is 9.76. The third-order valence-electron chi connectivity index (χ3n) is 4.65. The van der Waals surface area contributed by atoms with E-state index in [1.54, 1.807) is 11.8 Å². The lowest BCUT2D eigenvalue weighted by atomic mass is 10.0. The molecule has 5 nitrogen and oxygen atoms in total. The van der Waals surface area contributed by atoms with Gasteiger partial charge in [0.25, 0.3) is 5.91 Å². The topological polar surface area (TPSA) is 49.3 Å². The first-order chi connectivity index (χ1) is 12.1. The number of rotatable bonds is 4. The van der Waals surface area contributed by atoms with E-state index in [1.165, 1.54) is 4.90 Å². The summed E-state index contributed by atoms with van der Waals surface area (Å²) in [6.45, 7) is 3.49. The van der Waals surface area contributed by atoms with Gasteiger partial charge in [-0.2, -0.15) is 0 Å². The summed E-state index contributed by atoms with van der Waals surface area (Å²) in [4.78, 5) is 26.9. The highest BCUT2D eigenvalue weighted by Crippen LogP contribution is 2.21. The molecule has 1 fully saturated rings. The molecule has 1 unspecified atom stereocenters. The number of likely N-dealkylation sites (tertiary alicyclic amines) is 1. The Balaban J connectivity index is 1.69. The third kappa shape index (κ3) is 4.12. The number of hydrogen-bond donors (Lipinski definition) is 0. The molecule has 1 aliphatic heterocycles. The number of likely N-dealkylation sites (N-methyl/N-ethyl adjacent to an activating group) is 1. The average Bonchev–Trinajstić information content (AvgIpc) is 2.67. The second-order valence-corrected chi connectivity index (χ2v) is 7.33. The average molecular weight is 356 g/mol. The van der Waals surface area contributed by atoms with E-state index in [2.05, 4.69) is 14.9 Å². The Bertz CT molecular complexity index is 717. The predicted octanol–water partition coefficient (Wildman–Crippen LogP) is 3.25. The number of carbonyl (C=O) groups is 1. The molecule has 25 heavy (non-hydrogen) atoms. The second-order valence-electron chi connectivity index (χ2n) is 6.45. The first-order valence-electron chi connectivity index (χ1n) is 8.53. The van der Waals surface area contributed by atoms with E-state index in [-0.39, 0.29) is 11.9 Å². The normalized spacial score (nSPS) is 17.4. The van der Waals surface area contributed by atoms with Crippen molar-refractivity contribution in [1.29, 1.82) is 0 Å². The summed E-state index contributed by atoms with van der Waals surface area (Å²) in [5.41, 5.74) is 1.80. The van der Waals surface area contributed by atoms with Gasteiger partial charge in [-0.3, -0.25) is 4.79 Å². The number of aryl methyl sites for hydroxylation is 1. The number of nitrogens with zero attached hydrogens (tertiary/aromatic N) is 4. The van der Waals surface area contributed by atoms with Crippen LogP contribution < -0.4 is 4.90 Å². The van der Waals surface area contributed by atoms with Crippen molar-refractivity contribution in [1.82, 2.24) is 14.9 Å². The highest BCUT2D eigenvalue weighted by molar-refractivity contribution is 7.98. The minimum atomic E-state index is 0.107. The summed E-state index contributed by atoms with van der Waals surface area (Å²) >= 11 is 1.68. The fraction of sp³-hybridized carbons (Fsp3) is 0.421. The van der Waals surface area contributed by atoms with Crippen LogP contribution in [-0.2, 0) is 0 Å². The lowest BCUT2D eigenvalue weighted by molar-refractivity contribution is 0.0707. The number of amides is 1. The maximum atomic E-state index is 12.8. The number of anilines is 1. The molecule has 0 spiro atoms. The Labute approximate surface area is 153 Å². The summed E-state index contributed by atoms with van der Waals surface area (Å²) in [5, 5.41) is 0. The van der Waals surface area contributed by atoms with Crippen molar-refractivity contribution >= 4 is 23.6 Å². The van der Waals surface area contributed by atoms with Crippen LogP contribution in [0.25, 0.3) is 0 Å². The molecule has 1 saturated heterocycles. The molecule has 0 bridgehead atoms. The Hall–Kier alpha value is -2.08. The highest BCUT2D eigenvalue weighted by Gasteiger charge is 2.28. The minimum absolute atomic E-state index is 0.107. The largest absolute Gasteiger partial charge is 0.339 e. The van der Waals surface area contributed by atoms with Gasteiger partial charge in [0, 0.05) is 49.0 Å². The number of carbonyl (C=O) groups excluding carboxylic acids is 1. The highest BCUT2D eigenvalue weighted by atomic mass is 32.2.